The van der Waals surface area contributed by atoms with E-state index >= 15 is 0 Å². The fraction of sp³-hybridized carbons (Fsp3) is 0.595. The number of amides is 2. The number of benzene rings is 2. The Morgan fingerprint density at radius 1 is 1.10 bits per heavy atom. The molecule has 2 bridgehead atoms. The maximum atomic E-state index is 13.0. The van der Waals surface area contributed by atoms with Crippen LogP contribution in [-0.4, -0.2) is 44.2 Å². The normalized spacial score (nSPS) is 27.2. The molecule has 6 rings (SSSR count). The van der Waals surface area contributed by atoms with E-state index in [1.807, 2.05) is 31.5 Å². The SMILES string of the molecule is CCC1(C)C(C)CCC1COC.COc1ccc2nc(C)sc2c1C(=O)NC1C2CCC(C2)C1C.O=CNc1ccc(F)c(C(F)(F)F)c1. The second kappa shape index (κ2) is 16.2. The number of methoxy groups -OCH3 is 2. The van der Waals surface area contributed by atoms with Crippen molar-refractivity contribution in [3.05, 3.63) is 52.3 Å². The molecule has 2 amide bonds. The summed E-state index contributed by atoms with van der Waals surface area (Å²) < 4.78 is 60.7. The van der Waals surface area contributed by atoms with Gasteiger partial charge >= 0.3 is 6.18 Å². The van der Waals surface area contributed by atoms with E-state index in [0.29, 0.717) is 46.7 Å². The van der Waals surface area contributed by atoms with Crippen LogP contribution in [0, 0.1) is 47.7 Å². The maximum absolute atomic E-state index is 13.0. The summed E-state index contributed by atoms with van der Waals surface area (Å²) in [4.78, 5) is 27.4. The molecule has 0 aliphatic heterocycles. The topological polar surface area (TPSA) is 89.6 Å². The Bertz CT molecular complexity index is 1590. The molecule has 3 aliphatic rings. The molecule has 7 nitrogen and oxygen atoms in total. The second-order valence-electron chi connectivity index (χ2n) is 13.9. The smallest absolute Gasteiger partial charge is 0.419 e. The van der Waals surface area contributed by atoms with Crippen molar-refractivity contribution in [2.24, 2.45) is 35.0 Å². The molecule has 49 heavy (non-hydrogen) atoms. The highest BCUT2D eigenvalue weighted by Crippen LogP contribution is 2.50. The van der Waals surface area contributed by atoms with Crippen LogP contribution in [0.25, 0.3) is 10.2 Å². The molecule has 270 valence electrons. The van der Waals surface area contributed by atoms with E-state index in [4.69, 9.17) is 9.47 Å². The van der Waals surface area contributed by atoms with Crippen LogP contribution in [0.15, 0.2) is 30.3 Å². The summed E-state index contributed by atoms with van der Waals surface area (Å²) in [5.74, 6) is 2.93. The Kier molecular flexibility index (Phi) is 12.7. The zero-order chi connectivity index (χ0) is 36.1. The lowest BCUT2D eigenvalue weighted by Crippen LogP contribution is -2.43. The first-order valence-electron chi connectivity index (χ1n) is 17.0. The number of thiazole rings is 1. The predicted molar refractivity (Wildman–Crippen MR) is 185 cm³/mol. The molecule has 1 aromatic heterocycles. The number of aryl methyl sites for hydroxylation is 1. The molecule has 3 fully saturated rings. The van der Waals surface area contributed by atoms with Gasteiger partial charge in [0.05, 0.1) is 27.9 Å². The summed E-state index contributed by atoms with van der Waals surface area (Å²) in [5.41, 5.74) is 0.554. The first-order valence-corrected chi connectivity index (χ1v) is 17.8. The molecule has 0 spiro atoms. The first kappa shape index (κ1) is 38.6. The highest BCUT2D eigenvalue weighted by Gasteiger charge is 2.46. The minimum Gasteiger partial charge on any atom is -0.496 e. The van der Waals surface area contributed by atoms with E-state index < -0.39 is 17.6 Å². The highest BCUT2D eigenvalue weighted by atomic mass is 32.1. The van der Waals surface area contributed by atoms with Gasteiger partial charge in [0, 0.05) is 25.4 Å². The number of nitrogens with one attached hydrogen (secondary N) is 2. The second-order valence-corrected chi connectivity index (χ2v) is 15.1. The van der Waals surface area contributed by atoms with Gasteiger partial charge in [-0.15, -0.1) is 11.3 Å². The summed E-state index contributed by atoms with van der Waals surface area (Å²) in [6.45, 7) is 12.3. The van der Waals surface area contributed by atoms with Crippen LogP contribution in [-0.2, 0) is 15.7 Å². The summed E-state index contributed by atoms with van der Waals surface area (Å²) in [6, 6.07) is 6.29. The van der Waals surface area contributed by atoms with E-state index in [1.165, 1.54) is 38.5 Å². The number of alkyl halides is 3. The van der Waals surface area contributed by atoms with Gasteiger partial charge in [0.25, 0.3) is 5.91 Å². The number of nitrogens with zero attached hydrogens (tertiary/aromatic N) is 1. The third kappa shape index (κ3) is 8.56. The van der Waals surface area contributed by atoms with Gasteiger partial charge in [-0.05, 0) is 104 Å². The van der Waals surface area contributed by atoms with Crippen LogP contribution in [0.2, 0.25) is 0 Å². The van der Waals surface area contributed by atoms with Gasteiger partial charge in [-0.3, -0.25) is 9.59 Å². The Hall–Kier alpha value is -3.25. The zero-order valence-corrected chi connectivity index (χ0v) is 30.2. The van der Waals surface area contributed by atoms with E-state index in [0.717, 1.165) is 45.7 Å². The van der Waals surface area contributed by atoms with E-state index in [9.17, 15) is 27.2 Å². The van der Waals surface area contributed by atoms with Crippen molar-refractivity contribution in [1.82, 2.24) is 10.3 Å². The number of carbonyl (C=O) groups is 2. The van der Waals surface area contributed by atoms with Crippen molar-refractivity contribution < 1.29 is 36.6 Å². The lowest BCUT2D eigenvalue weighted by molar-refractivity contribution is -0.140. The minimum absolute atomic E-state index is 0.0134. The van der Waals surface area contributed by atoms with E-state index in [1.54, 1.807) is 18.4 Å². The summed E-state index contributed by atoms with van der Waals surface area (Å²) in [5, 5.41) is 6.28. The van der Waals surface area contributed by atoms with Gasteiger partial charge in [-0.1, -0.05) is 34.1 Å². The molecule has 3 aliphatic carbocycles. The first-order chi connectivity index (χ1) is 23.2. The van der Waals surface area contributed by atoms with Gasteiger partial charge in [-0.25, -0.2) is 9.37 Å². The van der Waals surface area contributed by atoms with Crippen LogP contribution >= 0.6 is 11.3 Å². The van der Waals surface area contributed by atoms with E-state index in [2.05, 4.69) is 38.0 Å². The molecule has 3 aromatic rings. The lowest BCUT2D eigenvalue weighted by Gasteiger charge is -2.34. The standard InChI is InChI=1S/C18H22N2O2S.C11H22O.C8H5F4NO/c1-9-11-4-5-12(8-11)16(9)20-18(21)15-14(22-3)7-6-13-17(15)23-10(2)19-13;1-5-11(3)9(2)6-7-10(11)8-12-4;9-7-2-1-5(13-4-14)3-6(7)8(10,11)12/h6-7,9,11-12,16H,4-5,8H2,1-3H3,(H,20,21);9-10H,5-8H2,1-4H3;1-4H,(H,13,14). The van der Waals surface area contributed by atoms with Crippen molar-refractivity contribution >= 4 is 39.6 Å². The molecule has 1 heterocycles. The van der Waals surface area contributed by atoms with Crippen molar-refractivity contribution in [1.29, 1.82) is 0 Å². The van der Waals surface area contributed by atoms with Crippen molar-refractivity contribution in [3.63, 3.8) is 0 Å². The molecular formula is C37H49F4N3O4S. The number of aromatic nitrogens is 1. The molecule has 2 aromatic carbocycles. The van der Waals surface area contributed by atoms with Crippen LogP contribution < -0.4 is 15.4 Å². The minimum atomic E-state index is -4.76. The van der Waals surface area contributed by atoms with Crippen molar-refractivity contribution in [2.75, 3.05) is 26.1 Å². The molecule has 12 heteroatoms. The number of ether oxygens (including phenoxy) is 2. The van der Waals surface area contributed by atoms with Gasteiger partial charge in [0.15, 0.2) is 0 Å². The summed E-state index contributed by atoms with van der Waals surface area (Å²) >= 11 is 1.56. The molecule has 3 saturated carbocycles. The Morgan fingerprint density at radius 3 is 2.41 bits per heavy atom. The molecule has 7 unspecified atom stereocenters. The summed E-state index contributed by atoms with van der Waals surface area (Å²) in [6.07, 6.45) is 3.34. The molecule has 7 atom stereocenters. The average Bonchev–Trinajstić information content (AvgIpc) is 3.83. The third-order valence-corrected chi connectivity index (χ3v) is 12.3. The molecule has 0 radical (unpaired) electrons. The highest BCUT2D eigenvalue weighted by molar-refractivity contribution is 7.19. The number of anilines is 1. The van der Waals surface area contributed by atoms with Gasteiger partial charge in [0.1, 0.15) is 17.1 Å². The Balaban J connectivity index is 0.000000179. The molecule has 0 saturated heterocycles. The van der Waals surface area contributed by atoms with Gasteiger partial charge in [0.2, 0.25) is 6.41 Å². The number of rotatable bonds is 8. The fourth-order valence-corrected chi connectivity index (χ4v) is 9.00. The summed E-state index contributed by atoms with van der Waals surface area (Å²) in [7, 11) is 3.44. The van der Waals surface area contributed by atoms with Crippen molar-refractivity contribution in [2.45, 2.75) is 85.4 Å². The third-order valence-electron chi connectivity index (χ3n) is 11.3. The van der Waals surface area contributed by atoms with Gasteiger partial charge in [-0.2, -0.15) is 13.2 Å². The molecule has 2 N–H and O–H groups in total. The van der Waals surface area contributed by atoms with Crippen LogP contribution in [0.3, 0.4) is 0 Å². The monoisotopic (exact) mass is 707 g/mol. The van der Waals surface area contributed by atoms with Gasteiger partial charge < -0.3 is 20.1 Å². The number of hydrogen-bond acceptors (Lipinski definition) is 6. The van der Waals surface area contributed by atoms with Crippen LogP contribution in [0.5, 0.6) is 5.75 Å². The van der Waals surface area contributed by atoms with E-state index in [-0.39, 0.29) is 18.0 Å². The quantitative estimate of drug-likeness (QED) is 0.180. The maximum Gasteiger partial charge on any atom is 0.419 e. The Morgan fingerprint density at radius 2 is 1.82 bits per heavy atom. The van der Waals surface area contributed by atoms with Crippen LogP contribution in [0.4, 0.5) is 23.2 Å². The fourth-order valence-electron chi connectivity index (χ4n) is 8.05. The number of halogens is 4. The number of hydrogen-bond donors (Lipinski definition) is 2. The average molecular weight is 708 g/mol. The molecular weight excluding hydrogens is 658 g/mol. The lowest BCUT2D eigenvalue weighted by atomic mass is 9.73. The van der Waals surface area contributed by atoms with Crippen LogP contribution in [0.1, 0.15) is 87.1 Å². The van der Waals surface area contributed by atoms with Crippen molar-refractivity contribution in [3.8, 4) is 5.75 Å². The largest absolute Gasteiger partial charge is 0.496 e. The predicted octanol–water partition coefficient (Wildman–Crippen LogP) is 9.29. The Labute approximate surface area is 290 Å². The number of carbonyl (C=O) groups excluding carboxylic acids is 2. The zero-order valence-electron chi connectivity index (χ0n) is 29.4. The number of fused-ring (bicyclic) bond motifs is 3.